The first-order chi connectivity index (χ1) is 25.2. The molecule has 0 aliphatic rings. The molecule has 0 aliphatic carbocycles. The Hall–Kier alpha value is -3.61. The molecule has 0 saturated carbocycles. The molecule has 0 fully saturated rings. The predicted molar refractivity (Wildman–Crippen MR) is 219 cm³/mol. The van der Waals surface area contributed by atoms with E-state index in [1.807, 2.05) is 44.3 Å². The average Bonchev–Trinajstić information content (AvgIpc) is 3.49. The molecule has 6 heteroatoms. The van der Waals surface area contributed by atoms with Gasteiger partial charge in [-0.3, -0.25) is 0 Å². The largest absolute Gasteiger partial charge is 0 e. The minimum absolute atomic E-state index is 0. The molecule has 0 spiro atoms. The molecule has 1 radical (unpaired) electrons. The zero-order chi connectivity index (χ0) is 39.2. The van der Waals surface area contributed by atoms with Crippen molar-refractivity contribution in [3.05, 3.63) is 132 Å². The Morgan fingerprint density at radius 3 is 2.20 bits per heavy atom. The maximum Gasteiger partial charge on any atom is 0 e. The Morgan fingerprint density at radius 2 is 1.57 bits per heavy atom. The smallest absolute Gasteiger partial charge is 0 e. The molecule has 0 atom stereocenters. The van der Waals surface area contributed by atoms with E-state index < -0.39 is 34.1 Å². The van der Waals surface area contributed by atoms with Crippen LogP contribution in [0.25, 0.3) is 55.6 Å². The molecule has 4 aromatic carbocycles. The van der Waals surface area contributed by atoms with Crippen molar-refractivity contribution in [3.63, 3.8) is 0 Å². The molecule has 0 aliphatic heterocycles. The van der Waals surface area contributed by atoms with E-state index in [0.29, 0.717) is 5.56 Å². The molecule has 3 heterocycles. The Kier molecular flexibility index (Phi) is 10.1. The average molecular weight is 930 g/mol. The Bertz CT molecular complexity index is 2440. The van der Waals surface area contributed by atoms with Crippen LogP contribution in [-0.4, -0.2) is 31.3 Å². The molecule has 0 N–H and O–H groups in total. The summed E-state index contributed by atoms with van der Waals surface area (Å²) in [5, 5.41) is 3.60. The number of nitrogens with zero attached hydrogens (tertiary/aromatic N) is 2. The minimum Gasteiger partial charge on any atom is 0 e. The van der Waals surface area contributed by atoms with Crippen molar-refractivity contribution in [2.45, 2.75) is 70.4 Å². The fourth-order valence-corrected chi connectivity index (χ4v) is 11.0. The molecular weight excluding hydrogens is 877 g/mol. The van der Waals surface area contributed by atoms with Gasteiger partial charge in [0.05, 0.1) is 13.7 Å². The summed E-state index contributed by atoms with van der Waals surface area (Å²) in [6.45, 7) is 10.9. The van der Waals surface area contributed by atoms with Gasteiger partial charge in [0.2, 0.25) is 0 Å². The first kappa shape index (κ1) is 33.2. The van der Waals surface area contributed by atoms with Crippen LogP contribution >= 0.6 is 0 Å². The van der Waals surface area contributed by atoms with Crippen molar-refractivity contribution in [3.8, 4) is 33.6 Å². The maximum absolute atomic E-state index is 8.38. The molecule has 0 amide bonds. The van der Waals surface area contributed by atoms with Crippen LogP contribution in [-0.2, 0) is 20.1 Å². The van der Waals surface area contributed by atoms with Gasteiger partial charge in [-0.05, 0) is 34.8 Å². The van der Waals surface area contributed by atoms with Crippen LogP contribution in [0.2, 0.25) is 36.9 Å². The van der Waals surface area contributed by atoms with Gasteiger partial charge >= 0.3 is 117 Å². The maximum atomic E-state index is 8.38. The van der Waals surface area contributed by atoms with Crippen LogP contribution < -0.4 is 9.58 Å². The fourth-order valence-electron chi connectivity index (χ4n) is 6.22. The van der Waals surface area contributed by atoms with Crippen LogP contribution in [0, 0.1) is 25.9 Å². The van der Waals surface area contributed by atoms with Gasteiger partial charge in [0.25, 0.3) is 0 Å². The van der Waals surface area contributed by atoms with Crippen molar-refractivity contribution < 1.29 is 30.0 Å². The zero-order valence-electron chi connectivity index (χ0n) is 35.0. The number of rotatable bonds is 6. The van der Waals surface area contributed by atoms with Crippen molar-refractivity contribution in [2.24, 2.45) is 0 Å². The van der Waals surface area contributed by atoms with Crippen molar-refractivity contribution >= 4 is 52.9 Å². The number of hydrogen-bond donors (Lipinski definition) is 0. The quantitative estimate of drug-likeness (QED) is 0.123. The molecule has 0 saturated heterocycles. The van der Waals surface area contributed by atoms with Gasteiger partial charge in [-0.1, -0.05) is 97.7 Å². The van der Waals surface area contributed by atoms with Crippen LogP contribution in [0.5, 0.6) is 0 Å². The van der Waals surface area contributed by atoms with Crippen LogP contribution in [0.3, 0.4) is 0 Å². The van der Waals surface area contributed by atoms with Gasteiger partial charge in [0.15, 0.2) is 0 Å². The van der Waals surface area contributed by atoms with Crippen molar-refractivity contribution in [2.75, 3.05) is 0 Å². The van der Waals surface area contributed by atoms with Crippen LogP contribution in [0.1, 0.15) is 41.9 Å². The predicted octanol–water partition coefficient (Wildman–Crippen LogP) is 11.5. The number of aryl methyl sites for hydroxylation is 2. The summed E-state index contributed by atoms with van der Waals surface area (Å²) in [5.41, 5.74) is 9.75. The van der Waals surface area contributed by atoms with E-state index in [-0.39, 0.29) is 20.1 Å². The topological polar surface area (TPSA) is 38.9 Å². The standard InChI is InChI=1S/C29H28NOSi.C16H20GeN.Ir/c1-19(2)21-15-16-30-27(17-21)26-8-6-7-25-24-14-11-22(18-28(24)31-29(25)26)20-9-12-23(13-10-20)32(3,4)5;1-12-6-8-14(9-7-12)16-10-13(2)15(11-18-16)17(3,4)5;/h6-7,9-19H,1-5H3;6-8,10-11H,1-5H3;/q2*-1;/i19D;1D3;. The van der Waals surface area contributed by atoms with Gasteiger partial charge < -0.3 is 9.40 Å². The molecule has 263 valence electrons. The van der Waals surface area contributed by atoms with E-state index in [9.17, 15) is 0 Å². The molecule has 7 aromatic rings. The number of benzene rings is 4. The number of fused-ring (bicyclic) bond motifs is 3. The molecular formula is C45H48GeIrN2OSi-2. The van der Waals surface area contributed by atoms with Crippen molar-refractivity contribution in [1.82, 2.24) is 9.97 Å². The molecule has 0 bridgehead atoms. The normalized spacial score (nSPS) is 13.4. The van der Waals surface area contributed by atoms with E-state index in [1.165, 1.54) is 26.8 Å². The van der Waals surface area contributed by atoms with Crippen LogP contribution in [0.4, 0.5) is 0 Å². The summed E-state index contributed by atoms with van der Waals surface area (Å²) in [5.74, 6) is 6.35. The zero-order valence-corrected chi connectivity index (χ0v) is 36.4. The summed E-state index contributed by atoms with van der Waals surface area (Å²) in [4.78, 5) is 9.11. The minimum atomic E-state index is -2.08. The van der Waals surface area contributed by atoms with E-state index in [1.54, 1.807) is 18.3 Å². The van der Waals surface area contributed by atoms with Gasteiger partial charge in [-0.2, -0.15) is 0 Å². The third-order valence-electron chi connectivity index (χ3n) is 9.12. The number of hydrogen-bond acceptors (Lipinski definition) is 3. The van der Waals surface area contributed by atoms with Crippen LogP contribution in [0.15, 0.2) is 108 Å². The van der Waals surface area contributed by atoms with E-state index in [2.05, 4.69) is 114 Å². The molecule has 0 unspecified atom stereocenters. The number of furan rings is 1. The summed E-state index contributed by atoms with van der Waals surface area (Å²) in [6.07, 6.45) is 3.74. The summed E-state index contributed by atoms with van der Waals surface area (Å²) in [6, 6.07) is 36.6. The Balaban J connectivity index is 0.000000229. The van der Waals surface area contributed by atoms with E-state index in [4.69, 9.17) is 9.90 Å². The first-order valence-electron chi connectivity index (χ1n) is 19.1. The SMILES string of the molecule is [2H]C(C)(C)c1ccnc(-c2[c-]ccc3c2oc2cc(-c4ccc([Si](C)(C)C)cc4)ccc23)c1.[2H]C([2H])([2H])c1c[c-]c(-c2cc(C)[c]([Ge]([CH3])([CH3])[CH3])cn2)cc1.[Ir]. The molecule has 3 aromatic heterocycles. The summed E-state index contributed by atoms with van der Waals surface area (Å²) in [7, 11) is -1.32. The Morgan fingerprint density at radius 1 is 0.824 bits per heavy atom. The van der Waals surface area contributed by atoms with Gasteiger partial charge in [-0.25, -0.2) is 0 Å². The van der Waals surface area contributed by atoms with E-state index >= 15 is 0 Å². The number of aromatic nitrogens is 2. The molecule has 7 rings (SSSR count). The fraction of sp³-hybridized carbons (Fsp3) is 0.244. The third kappa shape index (κ3) is 8.72. The summed E-state index contributed by atoms with van der Waals surface area (Å²) < 4.78 is 38.3. The second-order valence-electron chi connectivity index (χ2n) is 15.3. The van der Waals surface area contributed by atoms with Crippen molar-refractivity contribution in [1.29, 1.82) is 0 Å². The second kappa shape index (κ2) is 15.6. The second-order valence-corrected chi connectivity index (χ2v) is 30.9. The summed E-state index contributed by atoms with van der Waals surface area (Å²) >= 11 is -1.89. The number of pyridine rings is 2. The van der Waals surface area contributed by atoms with Gasteiger partial charge in [-0.15, -0.1) is 18.2 Å². The van der Waals surface area contributed by atoms with E-state index in [0.717, 1.165) is 55.6 Å². The molecule has 51 heavy (non-hydrogen) atoms. The monoisotopic (exact) mass is 931 g/mol. The third-order valence-corrected chi connectivity index (χ3v) is 15.7. The first-order valence-corrected chi connectivity index (χ1v) is 28.0. The van der Waals surface area contributed by atoms with Gasteiger partial charge in [0, 0.05) is 33.1 Å². The Labute approximate surface area is 327 Å². The van der Waals surface area contributed by atoms with Gasteiger partial charge in [0.1, 0.15) is 5.58 Å². The molecule has 3 nitrogen and oxygen atoms in total.